The zero-order chi connectivity index (χ0) is 13.8. The first kappa shape index (κ1) is 13.6. The number of aryl methyl sites for hydroxylation is 1. The highest BCUT2D eigenvalue weighted by molar-refractivity contribution is 9.10. The molecule has 0 amide bonds. The number of rotatable bonds is 3. The van der Waals surface area contributed by atoms with Crippen molar-refractivity contribution in [2.24, 2.45) is 0 Å². The van der Waals surface area contributed by atoms with Gasteiger partial charge >= 0.3 is 5.97 Å². The molecule has 3 heteroatoms. The lowest BCUT2D eigenvalue weighted by Gasteiger charge is -2.04. The lowest BCUT2D eigenvalue weighted by molar-refractivity contribution is -0.130. The van der Waals surface area contributed by atoms with Crippen molar-refractivity contribution in [3.05, 3.63) is 69.7 Å². The lowest BCUT2D eigenvalue weighted by Crippen LogP contribution is -1.99. The van der Waals surface area contributed by atoms with Crippen molar-refractivity contribution in [3.8, 4) is 0 Å². The van der Waals surface area contributed by atoms with Crippen LogP contribution in [0.2, 0.25) is 0 Å². The monoisotopic (exact) mass is 316 g/mol. The van der Waals surface area contributed by atoms with E-state index in [0.29, 0.717) is 11.1 Å². The molecule has 0 aliphatic carbocycles. The van der Waals surface area contributed by atoms with Crippen LogP contribution in [0.25, 0.3) is 11.6 Å². The zero-order valence-corrected chi connectivity index (χ0v) is 12.0. The minimum absolute atomic E-state index is 0.294. The molecule has 0 radical (unpaired) electrons. The third kappa shape index (κ3) is 3.55. The zero-order valence-electron chi connectivity index (χ0n) is 10.4. The molecular weight excluding hydrogens is 304 g/mol. The van der Waals surface area contributed by atoms with Crippen molar-refractivity contribution in [1.82, 2.24) is 0 Å². The first-order valence-electron chi connectivity index (χ1n) is 5.84. The summed E-state index contributed by atoms with van der Waals surface area (Å²) in [6.45, 7) is 1.97. The van der Waals surface area contributed by atoms with Gasteiger partial charge in [-0.1, -0.05) is 57.9 Å². The average molecular weight is 317 g/mol. The van der Waals surface area contributed by atoms with E-state index in [9.17, 15) is 9.90 Å². The van der Waals surface area contributed by atoms with E-state index in [4.69, 9.17) is 0 Å². The summed E-state index contributed by atoms with van der Waals surface area (Å²) >= 11 is 3.36. The van der Waals surface area contributed by atoms with Crippen molar-refractivity contribution >= 4 is 33.5 Å². The van der Waals surface area contributed by atoms with E-state index in [1.165, 1.54) is 0 Å². The third-order valence-electron chi connectivity index (χ3n) is 2.77. The molecule has 0 fully saturated rings. The summed E-state index contributed by atoms with van der Waals surface area (Å²) in [6.07, 6.45) is 1.68. The van der Waals surface area contributed by atoms with E-state index in [1.807, 2.05) is 55.5 Å². The van der Waals surface area contributed by atoms with E-state index in [2.05, 4.69) is 15.9 Å². The van der Waals surface area contributed by atoms with Gasteiger partial charge in [0.15, 0.2) is 0 Å². The third-order valence-corrected chi connectivity index (χ3v) is 3.30. The molecule has 96 valence electrons. The summed E-state index contributed by atoms with van der Waals surface area (Å²) in [5.41, 5.74) is 2.97. The van der Waals surface area contributed by atoms with E-state index < -0.39 is 5.97 Å². The Bertz CT molecular complexity index is 610. The van der Waals surface area contributed by atoms with Crippen LogP contribution < -0.4 is 0 Å². The molecule has 0 saturated heterocycles. The number of carboxylic acids is 1. The number of carbonyl (C=O) groups is 1. The van der Waals surface area contributed by atoms with Crippen molar-refractivity contribution in [2.45, 2.75) is 6.92 Å². The summed E-state index contributed by atoms with van der Waals surface area (Å²) in [6, 6.07) is 15.0. The average Bonchev–Trinajstić information content (AvgIpc) is 2.39. The fourth-order valence-electron chi connectivity index (χ4n) is 1.73. The van der Waals surface area contributed by atoms with Crippen molar-refractivity contribution in [2.75, 3.05) is 0 Å². The Kier molecular flexibility index (Phi) is 4.17. The van der Waals surface area contributed by atoms with Crippen molar-refractivity contribution < 1.29 is 9.90 Å². The minimum atomic E-state index is -0.924. The highest BCUT2D eigenvalue weighted by Gasteiger charge is 2.10. The number of benzene rings is 2. The molecule has 2 aromatic rings. The van der Waals surface area contributed by atoms with Crippen LogP contribution in [-0.2, 0) is 4.79 Å². The molecule has 1 N–H and O–H groups in total. The van der Waals surface area contributed by atoms with Crippen LogP contribution in [-0.4, -0.2) is 11.1 Å². The lowest BCUT2D eigenvalue weighted by atomic mass is 10.0. The summed E-state index contributed by atoms with van der Waals surface area (Å²) < 4.78 is 0.969. The van der Waals surface area contributed by atoms with Gasteiger partial charge in [-0.25, -0.2) is 4.79 Å². The largest absolute Gasteiger partial charge is 0.478 e. The molecule has 0 aromatic heterocycles. The molecule has 0 unspecified atom stereocenters. The number of carboxylic acid groups (broad SMARTS) is 1. The molecular formula is C16H13BrO2. The molecule has 0 aliphatic rings. The molecule has 0 atom stereocenters. The van der Waals surface area contributed by atoms with E-state index in [0.717, 1.165) is 15.6 Å². The highest BCUT2D eigenvalue weighted by atomic mass is 79.9. The van der Waals surface area contributed by atoms with Gasteiger partial charge in [0, 0.05) is 4.47 Å². The van der Waals surface area contributed by atoms with Crippen LogP contribution in [0.4, 0.5) is 0 Å². The molecule has 2 aromatic carbocycles. The SMILES string of the molecule is Cc1ccc(/C(=C/c2ccc(Br)cc2)C(=O)O)cc1. The van der Waals surface area contributed by atoms with Crippen LogP contribution in [0.5, 0.6) is 0 Å². The molecule has 2 rings (SSSR count). The minimum Gasteiger partial charge on any atom is -0.478 e. The van der Waals surface area contributed by atoms with Gasteiger partial charge in [0.05, 0.1) is 5.57 Å². The van der Waals surface area contributed by atoms with Gasteiger partial charge in [-0.05, 0) is 36.3 Å². The Balaban J connectivity index is 2.43. The summed E-state index contributed by atoms with van der Waals surface area (Å²) in [7, 11) is 0. The fourth-order valence-corrected chi connectivity index (χ4v) is 1.99. The highest BCUT2D eigenvalue weighted by Crippen LogP contribution is 2.20. The normalized spacial score (nSPS) is 11.4. The van der Waals surface area contributed by atoms with Gasteiger partial charge in [0.25, 0.3) is 0 Å². The van der Waals surface area contributed by atoms with Gasteiger partial charge in [-0.3, -0.25) is 0 Å². The van der Waals surface area contributed by atoms with Crippen LogP contribution in [0.15, 0.2) is 53.0 Å². The molecule has 0 saturated carbocycles. The predicted molar refractivity (Wildman–Crippen MR) is 80.8 cm³/mol. The first-order valence-corrected chi connectivity index (χ1v) is 6.63. The first-order chi connectivity index (χ1) is 9.06. The van der Waals surface area contributed by atoms with Gasteiger partial charge < -0.3 is 5.11 Å². The van der Waals surface area contributed by atoms with E-state index >= 15 is 0 Å². The molecule has 0 aliphatic heterocycles. The molecule has 2 nitrogen and oxygen atoms in total. The van der Waals surface area contributed by atoms with Crippen LogP contribution in [0.1, 0.15) is 16.7 Å². The summed E-state index contributed by atoms with van der Waals surface area (Å²) in [5, 5.41) is 9.33. The molecule has 0 spiro atoms. The summed E-state index contributed by atoms with van der Waals surface area (Å²) in [5.74, 6) is -0.924. The Hall–Kier alpha value is -1.87. The quantitative estimate of drug-likeness (QED) is 0.674. The Morgan fingerprint density at radius 2 is 1.63 bits per heavy atom. The maximum absolute atomic E-state index is 11.4. The number of hydrogen-bond donors (Lipinski definition) is 1. The number of aliphatic carboxylic acids is 1. The van der Waals surface area contributed by atoms with Gasteiger partial charge in [-0.2, -0.15) is 0 Å². The Labute approximate surface area is 120 Å². The number of halogens is 1. The molecule has 19 heavy (non-hydrogen) atoms. The standard InChI is InChI=1S/C16H13BrO2/c1-11-2-6-13(7-3-11)15(16(18)19)10-12-4-8-14(17)9-5-12/h2-10H,1H3,(H,18,19)/b15-10-. The molecule has 0 bridgehead atoms. The second kappa shape index (κ2) is 5.85. The second-order valence-electron chi connectivity index (χ2n) is 4.28. The van der Waals surface area contributed by atoms with Crippen molar-refractivity contribution in [3.63, 3.8) is 0 Å². The maximum atomic E-state index is 11.4. The van der Waals surface area contributed by atoms with E-state index in [-0.39, 0.29) is 0 Å². The topological polar surface area (TPSA) is 37.3 Å². The second-order valence-corrected chi connectivity index (χ2v) is 5.20. The van der Waals surface area contributed by atoms with Crippen molar-refractivity contribution in [1.29, 1.82) is 0 Å². The van der Waals surface area contributed by atoms with Crippen LogP contribution in [0, 0.1) is 6.92 Å². The van der Waals surface area contributed by atoms with Crippen LogP contribution >= 0.6 is 15.9 Å². The molecule has 0 heterocycles. The Morgan fingerprint density at radius 1 is 1.05 bits per heavy atom. The van der Waals surface area contributed by atoms with E-state index in [1.54, 1.807) is 6.08 Å². The van der Waals surface area contributed by atoms with Crippen LogP contribution in [0.3, 0.4) is 0 Å². The Morgan fingerprint density at radius 3 is 2.16 bits per heavy atom. The van der Waals surface area contributed by atoms with Gasteiger partial charge in [0.2, 0.25) is 0 Å². The van der Waals surface area contributed by atoms with Gasteiger partial charge in [0.1, 0.15) is 0 Å². The van der Waals surface area contributed by atoms with Gasteiger partial charge in [-0.15, -0.1) is 0 Å². The fraction of sp³-hybridized carbons (Fsp3) is 0.0625. The number of hydrogen-bond acceptors (Lipinski definition) is 1. The predicted octanol–water partition coefficient (Wildman–Crippen LogP) is 4.38. The smallest absolute Gasteiger partial charge is 0.336 e. The maximum Gasteiger partial charge on any atom is 0.336 e. The summed E-state index contributed by atoms with van der Waals surface area (Å²) in [4.78, 5) is 11.4.